The molecule has 1 aromatic rings. The van der Waals surface area contributed by atoms with Crippen molar-refractivity contribution >= 4 is 12.0 Å². The number of benzene rings is 1. The van der Waals surface area contributed by atoms with E-state index in [0.717, 1.165) is 28.9 Å². The molecule has 0 bridgehead atoms. The number of ether oxygens (including phenoxy) is 1. The first-order chi connectivity index (χ1) is 7.19. The Balaban J connectivity index is 2.21. The monoisotopic (exact) mass is 204 g/mol. The summed E-state index contributed by atoms with van der Waals surface area (Å²) in [5, 5.41) is 8.69. The number of carbonyl (C=O) groups is 1. The van der Waals surface area contributed by atoms with E-state index in [2.05, 4.69) is 0 Å². The maximum absolute atomic E-state index is 10.6. The molecule has 0 saturated heterocycles. The van der Waals surface area contributed by atoms with Crippen LogP contribution in [0.2, 0.25) is 0 Å². The van der Waals surface area contributed by atoms with Crippen molar-refractivity contribution in [2.24, 2.45) is 0 Å². The van der Waals surface area contributed by atoms with Crippen LogP contribution in [0.3, 0.4) is 0 Å². The van der Waals surface area contributed by atoms with Gasteiger partial charge in [-0.1, -0.05) is 17.7 Å². The summed E-state index contributed by atoms with van der Waals surface area (Å²) in [4.78, 5) is 10.6. The van der Waals surface area contributed by atoms with Gasteiger partial charge in [0.2, 0.25) is 0 Å². The van der Waals surface area contributed by atoms with Crippen LogP contribution in [0.1, 0.15) is 17.5 Å². The maximum atomic E-state index is 10.6. The zero-order valence-electron chi connectivity index (χ0n) is 8.49. The van der Waals surface area contributed by atoms with Crippen LogP contribution in [-0.4, -0.2) is 18.2 Å². The maximum Gasteiger partial charge on any atom is 0.307 e. The lowest BCUT2D eigenvalue weighted by Crippen LogP contribution is -1.97. The van der Waals surface area contributed by atoms with Crippen LogP contribution >= 0.6 is 0 Å². The van der Waals surface area contributed by atoms with Crippen LogP contribution < -0.4 is 4.74 Å². The van der Waals surface area contributed by atoms with Crippen LogP contribution in [0, 0.1) is 0 Å². The minimum Gasteiger partial charge on any atom is -0.497 e. The summed E-state index contributed by atoms with van der Waals surface area (Å²) >= 11 is 0. The quantitative estimate of drug-likeness (QED) is 0.820. The summed E-state index contributed by atoms with van der Waals surface area (Å²) in [6.45, 7) is 0. The molecule has 0 spiro atoms. The van der Waals surface area contributed by atoms with E-state index in [1.54, 1.807) is 7.11 Å². The van der Waals surface area contributed by atoms with Crippen LogP contribution in [-0.2, 0) is 11.2 Å². The highest BCUT2D eigenvalue weighted by molar-refractivity contribution is 5.75. The molecule has 3 nitrogen and oxygen atoms in total. The minimum absolute atomic E-state index is 0.122. The lowest BCUT2D eigenvalue weighted by Gasteiger charge is -2.02. The molecule has 0 amide bonds. The highest BCUT2D eigenvalue weighted by atomic mass is 16.5. The van der Waals surface area contributed by atoms with Crippen molar-refractivity contribution < 1.29 is 14.6 Å². The topological polar surface area (TPSA) is 46.5 Å². The van der Waals surface area contributed by atoms with Gasteiger partial charge >= 0.3 is 5.97 Å². The Kier molecular flexibility index (Phi) is 2.46. The van der Waals surface area contributed by atoms with Gasteiger partial charge in [0.25, 0.3) is 0 Å². The van der Waals surface area contributed by atoms with Gasteiger partial charge < -0.3 is 9.84 Å². The summed E-state index contributed by atoms with van der Waals surface area (Å²) in [5.41, 5.74) is 3.20. The van der Waals surface area contributed by atoms with E-state index >= 15 is 0 Å². The van der Waals surface area contributed by atoms with Gasteiger partial charge in [-0.05, 0) is 29.7 Å². The predicted molar refractivity (Wildman–Crippen MR) is 56.9 cm³/mol. The van der Waals surface area contributed by atoms with Crippen molar-refractivity contribution in [1.82, 2.24) is 0 Å². The lowest BCUT2D eigenvalue weighted by atomic mass is 10.1. The lowest BCUT2D eigenvalue weighted by molar-refractivity contribution is -0.136. The smallest absolute Gasteiger partial charge is 0.307 e. The largest absolute Gasteiger partial charge is 0.497 e. The van der Waals surface area contributed by atoms with Crippen molar-refractivity contribution in [3.63, 3.8) is 0 Å². The molecule has 0 heterocycles. The van der Waals surface area contributed by atoms with Crippen LogP contribution in [0.4, 0.5) is 0 Å². The van der Waals surface area contributed by atoms with Crippen molar-refractivity contribution in [2.45, 2.75) is 12.8 Å². The van der Waals surface area contributed by atoms with Crippen LogP contribution in [0.15, 0.2) is 23.8 Å². The van der Waals surface area contributed by atoms with Gasteiger partial charge in [0, 0.05) is 0 Å². The number of fused-ring (bicyclic) bond motifs is 1. The molecule has 1 aliphatic carbocycles. The number of hydrogen-bond donors (Lipinski definition) is 1. The summed E-state index contributed by atoms with van der Waals surface area (Å²) < 4.78 is 5.12. The first-order valence-corrected chi connectivity index (χ1v) is 4.77. The molecule has 0 radical (unpaired) electrons. The van der Waals surface area contributed by atoms with Gasteiger partial charge in [-0.3, -0.25) is 4.79 Å². The molecule has 0 aliphatic heterocycles. The fourth-order valence-corrected chi connectivity index (χ4v) is 1.83. The first kappa shape index (κ1) is 9.77. The van der Waals surface area contributed by atoms with Gasteiger partial charge in [-0.15, -0.1) is 0 Å². The fraction of sp³-hybridized carbons (Fsp3) is 0.250. The number of aliphatic carboxylic acids is 1. The van der Waals surface area contributed by atoms with E-state index in [1.165, 1.54) is 0 Å². The molecule has 0 fully saturated rings. The van der Waals surface area contributed by atoms with Crippen LogP contribution in [0.25, 0.3) is 6.08 Å². The third kappa shape index (κ3) is 2.01. The van der Waals surface area contributed by atoms with Gasteiger partial charge in [0.05, 0.1) is 13.5 Å². The molecular formula is C12H12O3. The molecule has 1 aliphatic rings. The molecule has 1 N–H and O–H groups in total. The third-order valence-electron chi connectivity index (χ3n) is 2.51. The first-order valence-electron chi connectivity index (χ1n) is 4.77. The summed E-state index contributed by atoms with van der Waals surface area (Å²) in [7, 11) is 1.63. The number of methoxy groups -OCH3 is 1. The zero-order valence-corrected chi connectivity index (χ0v) is 8.49. The SMILES string of the molecule is COc1ccc2c(c1)CC(CC(=O)O)=C2. The van der Waals surface area contributed by atoms with Crippen molar-refractivity contribution in [3.05, 3.63) is 34.9 Å². The average Bonchev–Trinajstić information content (AvgIpc) is 2.57. The number of carboxylic acid groups (broad SMARTS) is 1. The predicted octanol–water partition coefficient (Wildman–Crippen LogP) is 2.11. The normalized spacial score (nSPS) is 13.3. The molecule has 0 saturated carbocycles. The standard InChI is InChI=1S/C12H12O3/c1-15-11-3-2-9-4-8(6-12(13)14)5-10(9)7-11/h2-4,7H,5-6H2,1H3,(H,13,14). The van der Waals surface area contributed by atoms with E-state index in [9.17, 15) is 4.79 Å². The van der Waals surface area contributed by atoms with Crippen molar-refractivity contribution in [3.8, 4) is 5.75 Å². The van der Waals surface area contributed by atoms with E-state index < -0.39 is 5.97 Å². The van der Waals surface area contributed by atoms with E-state index in [1.807, 2.05) is 24.3 Å². The van der Waals surface area contributed by atoms with E-state index in [-0.39, 0.29) is 6.42 Å². The summed E-state index contributed by atoms with van der Waals surface area (Å²) in [5.74, 6) is 0.0414. The summed E-state index contributed by atoms with van der Waals surface area (Å²) in [6, 6.07) is 5.81. The second-order valence-electron chi connectivity index (χ2n) is 3.61. The molecule has 0 unspecified atom stereocenters. The van der Waals surface area contributed by atoms with Crippen molar-refractivity contribution in [2.75, 3.05) is 7.11 Å². The Labute approximate surface area is 88.0 Å². The minimum atomic E-state index is -0.777. The Bertz CT molecular complexity index is 432. The second-order valence-corrected chi connectivity index (χ2v) is 3.61. The van der Waals surface area contributed by atoms with E-state index in [4.69, 9.17) is 9.84 Å². The number of hydrogen-bond acceptors (Lipinski definition) is 2. The fourth-order valence-electron chi connectivity index (χ4n) is 1.83. The van der Waals surface area contributed by atoms with Gasteiger partial charge in [0.1, 0.15) is 5.75 Å². The molecule has 15 heavy (non-hydrogen) atoms. The highest BCUT2D eigenvalue weighted by Gasteiger charge is 2.15. The van der Waals surface area contributed by atoms with Crippen LogP contribution in [0.5, 0.6) is 5.75 Å². The second kappa shape index (κ2) is 3.77. The highest BCUT2D eigenvalue weighted by Crippen LogP contribution is 2.29. The molecule has 3 heteroatoms. The Morgan fingerprint density at radius 3 is 3.00 bits per heavy atom. The number of carboxylic acids is 1. The molecule has 1 aromatic carbocycles. The van der Waals surface area contributed by atoms with Gasteiger partial charge in [-0.25, -0.2) is 0 Å². The van der Waals surface area contributed by atoms with Gasteiger partial charge in [-0.2, -0.15) is 0 Å². The van der Waals surface area contributed by atoms with Gasteiger partial charge in [0.15, 0.2) is 0 Å². The zero-order chi connectivity index (χ0) is 10.8. The molecular weight excluding hydrogens is 192 g/mol. The Morgan fingerprint density at radius 2 is 2.33 bits per heavy atom. The summed E-state index contributed by atoms with van der Waals surface area (Å²) in [6.07, 6.45) is 2.79. The number of rotatable bonds is 3. The third-order valence-corrected chi connectivity index (χ3v) is 2.51. The van der Waals surface area contributed by atoms with Crippen molar-refractivity contribution in [1.29, 1.82) is 0 Å². The molecule has 0 aromatic heterocycles. The molecule has 0 atom stereocenters. The molecule has 2 rings (SSSR count). The average molecular weight is 204 g/mol. The molecule has 78 valence electrons. The Hall–Kier alpha value is -1.77. The Morgan fingerprint density at radius 1 is 1.53 bits per heavy atom. The van der Waals surface area contributed by atoms with E-state index in [0.29, 0.717) is 0 Å².